The Morgan fingerprint density at radius 2 is 2.00 bits per heavy atom. The van der Waals surface area contributed by atoms with Crippen LogP contribution < -0.4 is 0 Å². The number of nitrogens with zero attached hydrogens (tertiary/aromatic N) is 3. The van der Waals surface area contributed by atoms with Crippen LogP contribution in [0.15, 0.2) is 42.6 Å². The van der Waals surface area contributed by atoms with Crippen LogP contribution in [0.3, 0.4) is 0 Å². The standard InChI is InChI=1S/C14H12ClN3/c1-10-7-12-14(16-9-10)18(13(8-15)17-12)11-5-3-2-4-6-11/h2-7,9H,8H2,1H3. The quantitative estimate of drug-likeness (QED) is 0.658. The first-order valence-corrected chi connectivity index (χ1v) is 6.28. The number of rotatable bonds is 2. The third-order valence-electron chi connectivity index (χ3n) is 2.84. The largest absolute Gasteiger partial charge is 0.280 e. The van der Waals surface area contributed by atoms with E-state index in [1.54, 1.807) is 0 Å². The Balaban J connectivity index is 2.33. The fraction of sp³-hybridized carbons (Fsp3) is 0.143. The van der Waals surface area contributed by atoms with Gasteiger partial charge in [0.25, 0.3) is 0 Å². The summed E-state index contributed by atoms with van der Waals surface area (Å²) in [7, 11) is 0. The van der Waals surface area contributed by atoms with Crippen LogP contribution in [0.4, 0.5) is 0 Å². The van der Waals surface area contributed by atoms with Crippen molar-refractivity contribution in [2.45, 2.75) is 12.8 Å². The number of hydrogen-bond acceptors (Lipinski definition) is 2. The molecule has 3 aromatic rings. The molecule has 0 unspecified atom stereocenters. The van der Waals surface area contributed by atoms with Gasteiger partial charge in [0, 0.05) is 11.9 Å². The van der Waals surface area contributed by atoms with Crippen molar-refractivity contribution in [3.8, 4) is 5.69 Å². The topological polar surface area (TPSA) is 30.7 Å². The van der Waals surface area contributed by atoms with Crippen LogP contribution in [-0.4, -0.2) is 14.5 Å². The van der Waals surface area contributed by atoms with Gasteiger partial charge in [-0.1, -0.05) is 18.2 Å². The maximum Gasteiger partial charge on any atom is 0.164 e. The van der Waals surface area contributed by atoms with Crippen LogP contribution in [0, 0.1) is 6.92 Å². The van der Waals surface area contributed by atoms with Crippen molar-refractivity contribution < 1.29 is 0 Å². The van der Waals surface area contributed by atoms with E-state index in [9.17, 15) is 0 Å². The molecule has 90 valence electrons. The monoisotopic (exact) mass is 257 g/mol. The van der Waals surface area contributed by atoms with Gasteiger partial charge in [0.05, 0.1) is 5.88 Å². The van der Waals surface area contributed by atoms with Crippen molar-refractivity contribution in [1.82, 2.24) is 14.5 Å². The maximum atomic E-state index is 5.98. The zero-order valence-electron chi connectivity index (χ0n) is 9.97. The Hall–Kier alpha value is -1.87. The number of hydrogen-bond donors (Lipinski definition) is 0. The van der Waals surface area contributed by atoms with E-state index in [-0.39, 0.29) is 0 Å². The minimum absolute atomic E-state index is 0.365. The molecule has 0 aliphatic rings. The predicted octanol–water partition coefficient (Wildman–Crippen LogP) is 3.47. The lowest BCUT2D eigenvalue weighted by atomic mass is 10.3. The smallest absolute Gasteiger partial charge is 0.164 e. The van der Waals surface area contributed by atoms with E-state index in [0.29, 0.717) is 5.88 Å². The van der Waals surface area contributed by atoms with Gasteiger partial charge in [0.2, 0.25) is 0 Å². The minimum atomic E-state index is 0.365. The van der Waals surface area contributed by atoms with Crippen molar-refractivity contribution in [1.29, 1.82) is 0 Å². The molecule has 0 atom stereocenters. The van der Waals surface area contributed by atoms with Crippen LogP contribution >= 0.6 is 11.6 Å². The number of halogens is 1. The first-order valence-electron chi connectivity index (χ1n) is 5.75. The highest BCUT2D eigenvalue weighted by Crippen LogP contribution is 2.21. The lowest BCUT2D eigenvalue weighted by Crippen LogP contribution is -1.99. The van der Waals surface area contributed by atoms with Gasteiger partial charge < -0.3 is 0 Å². The van der Waals surface area contributed by atoms with Gasteiger partial charge in [-0.3, -0.25) is 4.57 Å². The highest BCUT2D eigenvalue weighted by molar-refractivity contribution is 6.16. The maximum absolute atomic E-state index is 5.98. The first-order chi connectivity index (χ1) is 8.79. The Bertz CT molecular complexity index is 689. The second kappa shape index (κ2) is 4.42. The molecule has 0 fully saturated rings. The minimum Gasteiger partial charge on any atom is -0.280 e. The van der Waals surface area contributed by atoms with Gasteiger partial charge in [0.15, 0.2) is 5.65 Å². The van der Waals surface area contributed by atoms with Crippen molar-refractivity contribution in [3.05, 3.63) is 54.0 Å². The second-order valence-corrected chi connectivity index (χ2v) is 4.46. The molecule has 2 heterocycles. The molecule has 4 heteroatoms. The third kappa shape index (κ3) is 1.77. The number of aromatic nitrogens is 3. The van der Waals surface area contributed by atoms with E-state index >= 15 is 0 Å². The molecule has 0 aliphatic heterocycles. The van der Waals surface area contributed by atoms with E-state index in [4.69, 9.17) is 11.6 Å². The number of alkyl halides is 1. The van der Waals surface area contributed by atoms with Gasteiger partial charge in [-0.2, -0.15) is 0 Å². The Labute approximate surface area is 110 Å². The summed E-state index contributed by atoms with van der Waals surface area (Å²) in [4.78, 5) is 9.00. The number of fused-ring (bicyclic) bond motifs is 1. The van der Waals surface area contributed by atoms with E-state index in [2.05, 4.69) is 9.97 Å². The first kappa shape index (κ1) is 11.2. The molecule has 1 aromatic carbocycles. The Morgan fingerprint density at radius 3 is 2.72 bits per heavy atom. The molecule has 18 heavy (non-hydrogen) atoms. The Morgan fingerprint density at radius 1 is 1.22 bits per heavy atom. The highest BCUT2D eigenvalue weighted by Gasteiger charge is 2.12. The van der Waals surface area contributed by atoms with E-state index in [1.165, 1.54) is 0 Å². The molecule has 0 radical (unpaired) electrons. The second-order valence-electron chi connectivity index (χ2n) is 4.19. The molecular formula is C14H12ClN3. The van der Waals surface area contributed by atoms with Gasteiger partial charge in [-0.05, 0) is 30.7 Å². The summed E-state index contributed by atoms with van der Waals surface area (Å²) in [5.41, 5.74) is 3.87. The van der Waals surface area contributed by atoms with Gasteiger partial charge in [-0.25, -0.2) is 9.97 Å². The summed E-state index contributed by atoms with van der Waals surface area (Å²) in [5.74, 6) is 1.18. The summed E-state index contributed by atoms with van der Waals surface area (Å²) in [6.07, 6.45) is 1.85. The zero-order valence-corrected chi connectivity index (χ0v) is 10.7. The summed E-state index contributed by atoms with van der Waals surface area (Å²) >= 11 is 5.98. The number of aryl methyl sites for hydroxylation is 1. The number of imidazole rings is 1. The molecule has 2 aromatic heterocycles. The number of pyridine rings is 1. The molecule has 0 bridgehead atoms. The fourth-order valence-corrected chi connectivity index (χ4v) is 2.23. The molecule has 3 rings (SSSR count). The summed E-state index contributed by atoms with van der Waals surface area (Å²) in [5, 5.41) is 0. The molecule has 0 N–H and O–H groups in total. The van der Waals surface area contributed by atoms with Gasteiger partial charge in [0.1, 0.15) is 11.3 Å². The average molecular weight is 258 g/mol. The van der Waals surface area contributed by atoms with Crippen molar-refractivity contribution in [2.75, 3.05) is 0 Å². The van der Waals surface area contributed by atoms with Crippen LogP contribution in [-0.2, 0) is 5.88 Å². The van der Waals surface area contributed by atoms with E-state index < -0.39 is 0 Å². The number of para-hydroxylation sites is 1. The summed E-state index contributed by atoms with van der Waals surface area (Å²) in [6, 6.07) is 12.1. The van der Waals surface area contributed by atoms with E-state index in [0.717, 1.165) is 28.2 Å². The van der Waals surface area contributed by atoms with Gasteiger partial charge >= 0.3 is 0 Å². The van der Waals surface area contributed by atoms with Crippen molar-refractivity contribution in [3.63, 3.8) is 0 Å². The van der Waals surface area contributed by atoms with Gasteiger partial charge in [-0.15, -0.1) is 11.6 Å². The third-order valence-corrected chi connectivity index (χ3v) is 3.08. The Kier molecular flexibility index (Phi) is 2.76. The molecule has 0 amide bonds. The molecule has 0 spiro atoms. The van der Waals surface area contributed by atoms with Crippen LogP contribution in [0.2, 0.25) is 0 Å². The normalized spacial score (nSPS) is 11.0. The molecule has 3 nitrogen and oxygen atoms in total. The highest BCUT2D eigenvalue weighted by atomic mass is 35.5. The summed E-state index contributed by atoms with van der Waals surface area (Å²) < 4.78 is 2.00. The van der Waals surface area contributed by atoms with E-state index in [1.807, 2.05) is 54.1 Å². The lowest BCUT2D eigenvalue weighted by molar-refractivity contribution is 0.969. The SMILES string of the molecule is Cc1cnc2c(c1)nc(CCl)n2-c1ccccc1. The molecular weight excluding hydrogens is 246 g/mol. The molecule has 0 aliphatic carbocycles. The summed E-state index contributed by atoms with van der Waals surface area (Å²) in [6.45, 7) is 2.01. The average Bonchev–Trinajstić information content (AvgIpc) is 2.77. The number of benzene rings is 1. The lowest BCUT2D eigenvalue weighted by Gasteiger charge is -2.06. The van der Waals surface area contributed by atoms with Crippen molar-refractivity contribution in [2.24, 2.45) is 0 Å². The van der Waals surface area contributed by atoms with Crippen LogP contribution in [0.1, 0.15) is 11.4 Å². The fourth-order valence-electron chi connectivity index (χ4n) is 2.05. The van der Waals surface area contributed by atoms with Crippen LogP contribution in [0.25, 0.3) is 16.9 Å². The zero-order chi connectivity index (χ0) is 12.5. The molecule has 0 saturated heterocycles. The predicted molar refractivity (Wildman–Crippen MR) is 73.2 cm³/mol. The van der Waals surface area contributed by atoms with Crippen LogP contribution in [0.5, 0.6) is 0 Å². The molecule has 0 saturated carbocycles. The van der Waals surface area contributed by atoms with Crippen molar-refractivity contribution >= 4 is 22.8 Å².